The summed E-state index contributed by atoms with van der Waals surface area (Å²) in [6, 6.07) is 12.8. The quantitative estimate of drug-likeness (QED) is 0.723. The van der Waals surface area contributed by atoms with Crippen LogP contribution in [0.15, 0.2) is 46.9 Å². The van der Waals surface area contributed by atoms with Crippen LogP contribution in [0.5, 0.6) is 0 Å². The van der Waals surface area contributed by atoms with E-state index in [1.165, 1.54) is 16.7 Å². The SMILES string of the molecule is CC(=O)N1C(=O)N(C)c2ccccc2-c2cc(Br)ccc21. The number of amides is 3. The van der Waals surface area contributed by atoms with Crippen LogP contribution in [0.25, 0.3) is 11.1 Å². The number of hydrogen-bond donors (Lipinski definition) is 0. The number of carbonyl (C=O) groups excluding carboxylic acids is 2. The first kappa shape index (κ1) is 13.8. The third kappa shape index (κ3) is 2.14. The average Bonchev–Trinajstić information content (AvgIpc) is 2.55. The van der Waals surface area contributed by atoms with Crippen LogP contribution in [0.2, 0.25) is 0 Å². The minimum absolute atomic E-state index is 0.303. The van der Waals surface area contributed by atoms with Crippen molar-refractivity contribution in [2.45, 2.75) is 6.92 Å². The van der Waals surface area contributed by atoms with Gasteiger partial charge in [-0.2, -0.15) is 0 Å². The Bertz CT molecular complexity index is 758. The standard InChI is InChI=1S/C16H13BrN2O2/c1-10(20)19-15-8-7-11(17)9-13(15)12-5-3-4-6-14(12)18(2)16(19)21/h3-9H,1-2H3. The van der Waals surface area contributed by atoms with Crippen molar-refractivity contribution in [3.63, 3.8) is 0 Å². The van der Waals surface area contributed by atoms with E-state index < -0.39 is 0 Å². The molecule has 0 fully saturated rings. The molecule has 1 aliphatic rings. The van der Waals surface area contributed by atoms with Crippen LogP contribution in [0.3, 0.4) is 0 Å². The van der Waals surface area contributed by atoms with Crippen LogP contribution in [0.1, 0.15) is 6.92 Å². The maximum Gasteiger partial charge on any atom is 0.335 e. The van der Waals surface area contributed by atoms with Crippen LogP contribution in [0.4, 0.5) is 16.2 Å². The van der Waals surface area contributed by atoms with E-state index in [-0.39, 0.29) is 11.9 Å². The maximum absolute atomic E-state index is 12.6. The van der Waals surface area contributed by atoms with Crippen LogP contribution < -0.4 is 9.80 Å². The summed E-state index contributed by atoms with van der Waals surface area (Å²) in [5.74, 6) is -0.303. The number of rotatable bonds is 0. The number of urea groups is 1. The molecule has 21 heavy (non-hydrogen) atoms. The van der Waals surface area contributed by atoms with Gasteiger partial charge in [0.1, 0.15) is 0 Å². The summed E-state index contributed by atoms with van der Waals surface area (Å²) in [7, 11) is 1.68. The first-order valence-corrected chi connectivity index (χ1v) is 7.27. The highest BCUT2D eigenvalue weighted by molar-refractivity contribution is 9.10. The molecule has 2 aromatic rings. The van der Waals surface area contributed by atoms with Gasteiger partial charge in [-0.05, 0) is 24.3 Å². The van der Waals surface area contributed by atoms with Gasteiger partial charge in [-0.1, -0.05) is 34.1 Å². The lowest BCUT2D eigenvalue weighted by Gasteiger charge is -2.23. The smallest absolute Gasteiger partial charge is 0.296 e. The Hall–Kier alpha value is -2.14. The Morgan fingerprint density at radius 2 is 1.76 bits per heavy atom. The number of fused-ring (bicyclic) bond motifs is 3. The average molecular weight is 345 g/mol. The molecule has 2 aromatic carbocycles. The van der Waals surface area contributed by atoms with E-state index >= 15 is 0 Å². The number of hydrogen-bond acceptors (Lipinski definition) is 2. The molecule has 0 radical (unpaired) electrons. The number of carbonyl (C=O) groups is 2. The Morgan fingerprint density at radius 1 is 1.05 bits per heavy atom. The minimum Gasteiger partial charge on any atom is -0.296 e. The molecule has 4 nitrogen and oxygen atoms in total. The molecule has 106 valence electrons. The van der Waals surface area contributed by atoms with Crippen molar-refractivity contribution in [3.05, 3.63) is 46.9 Å². The number of anilines is 2. The molecule has 0 bridgehead atoms. The highest BCUT2D eigenvalue weighted by Crippen LogP contribution is 2.41. The highest BCUT2D eigenvalue weighted by Gasteiger charge is 2.31. The number of halogens is 1. The van der Waals surface area contributed by atoms with Gasteiger partial charge in [0.25, 0.3) is 0 Å². The summed E-state index contributed by atoms with van der Waals surface area (Å²) in [6.45, 7) is 1.40. The summed E-state index contributed by atoms with van der Waals surface area (Å²) in [5, 5.41) is 0. The van der Waals surface area contributed by atoms with Crippen molar-refractivity contribution >= 4 is 39.2 Å². The van der Waals surface area contributed by atoms with Crippen molar-refractivity contribution in [1.82, 2.24) is 0 Å². The molecule has 0 aliphatic carbocycles. The molecular formula is C16H13BrN2O2. The maximum atomic E-state index is 12.6. The molecule has 0 atom stereocenters. The summed E-state index contributed by atoms with van der Waals surface area (Å²) >= 11 is 3.45. The normalized spacial score (nSPS) is 13.6. The Balaban J connectivity index is 2.38. The van der Waals surface area contributed by atoms with Gasteiger partial charge in [0.15, 0.2) is 0 Å². The molecular weight excluding hydrogens is 332 g/mol. The second-order valence-electron chi connectivity index (χ2n) is 4.87. The second-order valence-corrected chi connectivity index (χ2v) is 5.79. The molecule has 0 saturated carbocycles. The Morgan fingerprint density at radius 3 is 2.48 bits per heavy atom. The van der Waals surface area contributed by atoms with Crippen molar-refractivity contribution in [3.8, 4) is 11.1 Å². The van der Waals surface area contributed by atoms with Gasteiger partial charge in [-0.3, -0.25) is 9.69 Å². The van der Waals surface area contributed by atoms with E-state index in [4.69, 9.17) is 0 Å². The first-order valence-electron chi connectivity index (χ1n) is 6.48. The number of benzene rings is 2. The summed E-state index contributed by atoms with van der Waals surface area (Å²) in [6.07, 6.45) is 0. The summed E-state index contributed by atoms with van der Waals surface area (Å²) in [5.41, 5.74) is 3.17. The van der Waals surface area contributed by atoms with E-state index in [1.807, 2.05) is 36.4 Å². The van der Waals surface area contributed by atoms with Gasteiger partial charge in [-0.25, -0.2) is 9.69 Å². The molecule has 3 rings (SSSR count). The van der Waals surface area contributed by atoms with Crippen molar-refractivity contribution in [2.24, 2.45) is 0 Å². The van der Waals surface area contributed by atoms with Crippen LogP contribution in [0, 0.1) is 0 Å². The molecule has 0 spiro atoms. The lowest BCUT2D eigenvalue weighted by Crippen LogP contribution is -2.43. The van der Waals surface area contributed by atoms with Crippen LogP contribution >= 0.6 is 15.9 Å². The van der Waals surface area contributed by atoms with Gasteiger partial charge in [0, 0.05) is 29.6 Å². The zero-order chi connectivity index (χ0) is 15.1. The van der Waals surface area contributed by atoms with Crippen LogP contribution in [-0.2, 0) is 4.79 Å². The van der Waals surface area contributed by atoms with E-state index in [0.29, 0.717) is 5.69 Å². The Labute approximate surface area is 131 Å². The predicted octanol–water partition coefficient (Wildman–Crippen LogP) is 4.04. The molecule has 0 N–H and O–H groups in total. The third-order valence-electron chi connectivity index (χ3n) is 3.55. The van der Waals surface area contributed by atoms with Gasteiger partial charge in [0.05, 0.1) is 11.4 Å². The zero-order valence-electron chi connectivity index (χ0n) is 11.6. The second kappa shape index (κ2) is 5.00. The zero-order valence-corrected chi connectivity index (χ0v) is 13.2. The largest absolute Gasteiger partial charge is 0.335 e. The van der Waals surface area contributed by atoms with E-state index in [1.54, 1.807) is 13.1 Å². The highest BCUT2D eigenvalue weighted by atomic mass is 79.9. The van der Waals surface area contributed by atoms with Crippen molar-refractivity contribution in [1.29, 1.82) is 0 Å². The third-order valence-corrected chi connectivity index (χ3v) is 4.04. The molecule has 3 amide bonds. The molecule has 0 saturated heterocycles. The molecule has 0 aromatic heterocycles. The molecule has 1 heterocycles. The Kier molecular flexibility index (Phi) is 3.29. The molecule has 5 heteroatoms. The number of para-hydroxylation sites is 1. The van der Waals surface area contributed by atoms with Gasteiger partial charge in [-0.15, -0.1) is 0 Å². The minimum atomic E-state index is -0.351. The van der Waals surface area contributed by atoms with E-state index in [0.717, 1.165) is 21.3 Å². The predicted molar refractivity (Wildman–Crippen MR) is 86.5 cm³/mol. The lowest BCUT2D eigenvalue weighted by molar-refractivity contribution is -0.115. The monoisotopic (exact) mass is 344 g/mol. The van der Waals surface area contributed by atoms with Gasteiger partial charge < -0.3 is 0 Å². The summed E-state index contributed by atoms with van der Waals surface area (Å²) < 4.78 is 0.900. The number of imide groups is 1. The number of nitrogens with zero attached hydrogens (tertiary/aromatic N) is 2. The topological polar surface area (TPSA) is 40.6 Å². The van der Waals surface area contributed by atoms with Gasteiger partial charge >= 0.3 is 6.03 Å². The fraction of sp³-hybridized carbons (Fsp3) is 0.125. The molecule has 1 aliphatic heterocycles. The van der Waals surface area contributed by atoms with E-state index in [2.05, 4.69) is 15.9 Å². The van der Waals surface area contributed by atoms with Crippen LogP contribution in [-0.4, -0.2) is 19.0 Å². The first-order chi connectivity index (χ1) is 10.0. The fourth-order valence-corrected chi connectivity index (χ4v) is 2.93. The van der Waals surface area contributed by atoms with Crippen molar-refractivity contribution < 1.29 is 9.59 Å². The molecule has 0 unspecified atom stereocenters. The van der Waals surface area contributed by atoms with Gasteiger partial charge in [0.2, 0.25) is 5.91 Å². The van der Waals surface area contributed by atoms with E-state index in [9.17, 15) is 9.59 Å². The van der Waals surface area contributed by atoms with Crippen molar-refractivity contribution in [2.75, 3.05) is 16.8 Å². The lowest BCUT2D eigenvalue weighted by atomic mass is 10.0. The summed E-state index contributed by atoms with van der Waals surface area (Å²) in [4.78, 5) is 27.3. The fourth-order valence-electron chi connectivity index (χ4n) is 2.57.